The van der Waals surface area contributed by atoms with Gasteiger partial charge in [-0.05, 0) is 43.1 Å². The molecule has 1 aliphatic heterocycles. The Morgan fingerprint density at radius 3 is 2.59 bits per heavy atom. The number of rotatable bonds is 3. The van der Waals surface area contributed by atoms with Crippen LogP contribution in [-0.2, 0) is 20.0 Å². The van der Waals surface area contributed by atoms with E-state index in [2.05, 4.69) is 55.3 Å². The highest BCUT2D eigenvalue weighted by molar-refractivity contribution is 5.99. The van der Waals surface area contributed by atoms with Crippen LogP contribution >= 0.6 is 0 Å². The van der Waals surface area contributed by atoms with Crippen molar-refractivity contribution in [3.05, 3.63) is 70.9 Å². The van der Waals surface area contributed by atoms with Gasteiger partial charge in [-0.2, -0.15) is 0 Å². The van der Waals surface area contributed by atoms with Crippen LogP contribution in [0.1, 0.15) is 27.2 Å². The second-order valence-corrected chi connectivity index (χ2v) is 7.83. The lowest BCUT2D eigenvalue weighted by atomic mass is 9.94. The molecule has 0 unspecified atom stereocenters. The van der Waals surface area contributed by atoms with Gasteiger partial charge in [-0.15, -0.1) is 0 Å². The zero-order valence-electron chi connectivity index (χ0n) is 16.6. The smallest absolute Gasteiger partial charge is 0.270 e. The molecule has 0 bridgehead atoms. The molecule has 27 heavy (non-hydrogen) atoms. The lowest BCUT2D eigenvalue weighted by Crippen LogP contribution is -2.46. The summed E-state index contributed by atoms with van der Waals surface area (Å²) in [6, 6.07) is 17.2. The number of para-hydroxylation sites is 1. The maximum Gasteiger partial charge on any atom is 0.270 e. The van der Waals surface area contributed by atoms with Gasteiger partial charge >= 0.3 is 0 Å². The summed E-state index contributed by atoms with van der Waals surface area (Å²) in [6.07, 6.45) is 0.985. The Bertz CT molecular complexity index is 1000. The van der Waals surface area contributed by atoms with E-state index in [4.69, 9.17) is 0 Å². The number of aryl methyl sites for hydroxylation is 2. The van der Waals surface area contributed by atoms with E-state index in [1.165, 1.54) is 16.7 Å². The number of hydrogen-bond acceptors (Lipinski definition) is 2. The Morgan fingerprint density at radius 1 is 1.11 bits per heavy atom. The van der Waals surface area contributed by atoms with Crippen LogP contribution in [0.5, 0.6) is 0 Å². The van der Waals surface area contributed by atoms with E-state index < -0.39 is 0 Å². The molecule has 0 aliphatic carbocycles. The highest BCUT2D eigenvalue weighted by Gasteiger charge is 2.27. The average Bonchev–Trinajstić information content (AvgIpc) is 2.99. The van der Waals surface area contributed by atoms with Crippen molar-refractivity contribution in [3.63, 3.8) is 0 Å². The highest BCUT2D eigenvalue weighted by Crippen LogP contribution is 2.25. The Hall–Kier alpha value is -2.59. The minimum atomic E-state index is 0.0837. The number of fused-ring (bicyclic) bond motifs is 2. The van der Waals surface area contributed by atoms with E-state index in [0.717, 1.165) is 36.1 Å². The first-order valence-electron chi connectivity index (χ1n) is 9.53. The maximum atomic E-state index is 13.2. The molecule has 3 aromatic rings. The Morgan fingerprint density at radius 2 is 1.85 bits per heavy atom. The average molecular weight is 361 g/mol. The van der Waals surface area contributed by atoms with Crippen molar-refractivity contribution >= 4 is 16.8 Å². The maximum absolute atomic E-state index is 13.2. The molecular weight excluding hydrogens is 334 g/mol. The summed E-state index contributed by atoms with van der Waals surface area (Å²) in [5, 5.41) is 1.12. The molecule has 1 aromatic heterocycles. The molecule has 0 N–H and O–H groups in total. The van der Waals surface area contributed by atoms with Gasteiger partial charge in [0.2, 0.25) is 0 Å². The summed E-state index contributed by atoms with van der Waals surface area (Å²) in [7, 11) is 6.06. The second kappa shape index (κ2) is 6.86. The van der Waals surface area contributed by atoms with Crippen molar-refractivity contribution < 1.29 is 4.79 Å². The fourth-order valence-corrected chi connectivity index (χ4v) is 4.34. The largest absolute Gasteiger partial charge is 0.339 e. The molecule has 4 heteroatoms. The first-order valence-corrected chi connectivity index (χ1v) is 9.53. The van der Waals surface area contributed by atoms with Crippen LogP contribution in [0.3, 0.4) is 0 Å². The van der Waals surface area contributed by atoms with Crippen LogP contribution in [0.4, 0.5) is 0 Å². The summed E-state index contributed by atoms with van der Waals surface area (Å²) in [4.78, 5) is 17.4. The van der Waals surface area contributed by atoms with Crippen molar-refractivity contribution in [2.75, 3.05) is 20.6 Å². The minimum Gasteiger partial charge on any atom is -0.339 e. The van der Waals surface area contributed by atoms with Crippen molar-refractivity contribution in [1.29, 1.82) is 0 Å². The molecule has 2 heterocycles. The molecule has 1 aliphatic rings. The Kier molecular flexibility index (Phi) is 4.52. The Balaban J connectivity index is 1.55. The number of benzene rings is 2. The van der Waals surface area contributed by atoms with Crippen molar-refractivity contribution in [3.8, 4) is 0 Å². The zero-order chi connectivity index (χ0) is 19.1. The molecule has 0 saturated carbocycles. The van der Waals surface area contributed by atoms with Gasteiger partial charge in [-0.3, -0.25) is 9.69 Å². The van der Waals surface area contributed by atoms with E-state index in [1.807, 2.05) is 35.7 Å². The minimum absolute atomic E-state index is 0.0837. The van der Waals surface area contributed by atoms with E-state index in [-0.39, 0.29) is 5.91 Å². The van der Waals surface area contributed by atoms with Gasteiger partial charge < -0.3 is 9.47 Å². The molecule has 140 valence electrons. The van der Waals surface area contributed by atoms with Crippen LogP contribution in [-0.4, -0.2) is 47.0 Å². The molecule has 0 spiro atoms. The second-order valence-electron chi connectivity index (χ2n) is 7.83. The van der Waals surface area contributed by atoms with Crippen molar-refractivity contribution in [1.82, 2.24) is 14.4 Å². The van der Waals surface area contributed by atoms with E-state index in [9.17, 15) is 4.79 Å². The number of carbonyl (C=O) groups excluding carboxylic acids is 1. The van der Waals surface area contributed by atoms with Gasteiger partial charge in [0.15, 0.2) is 0 Å². The van der Waals surface area contributed by atoms with Gasteiger partial charge in [0.05, 0.1) is 5.52 Å². The SMILES string of the molecule is Cc1cccc2cc(C(=O)N(C)C[C@@H]3Cc4ccccc4CN3C)n(C)c12. The van der Waals surface area contributed by atoms with Gasteiger partial charge in [0.1, 0.15) is 5.69 Å². The summed E-state index contributed by atoms with van der Waals surface area (Å²) < 4.78 is 2.03. The van der Waals surface area contributed by atoms with Crippen molar-refractivity contribution in [2.45, 2.75) is 25.9 Å². The number of likely N-dealkylation sites (N-methyl/N-ethyl adjacent to an activating group) is 2. The normalized spacial score (nSPS) is 17.1. The fraction of sp³-hybridized carbons (Fsp3) is 0.348. The van der Waals surface area contributed by atoms with Gasteiger partial charge in [0, 0.05) is 38.6 Å². The fourth-order valence-electron chi connectivity index (χ4n) is 4.34. The molecule has 2 aromatic carbocycles. The quantitative estimate of drug-likeness (QED) is 0.713. The standard InChI is InChI=1S/C23H27N3O/c1-16-8-7-11-18-13-21(26(4)22(16)18)23(27)25(3)15-20-12-17-9-5-6-10-19(17)14-24(20)2/h5-11,13,20H,12,14-15H2,1-4H3/t20-/m0/s1. The van der Waals surface area contributed by atoms with E-state index >= 15 is 0 Å². The van der Waals surface area contributed by atoms with Crippen LogP contribution in [0.25, 0.3) is 10.9 Å². The van der Waals surface area contributed by atoms with Crippen molar-refractivity contribution in [2.24, 2.45) is 7.05 Å². The topological polar surface area (TPSA) is 28.5 Å². The zero-order valence-corrected chi connectivity index (χ0v) is 16.6. The predicted molar refractivity (Wildman–Crippen MR) is 110 cm³/mol. The highest BCUT2D eigenvalue weighted by atomic mass is 16.2. The van der Waals surface area contributed by atoms with Gasteiger partial charge in [0.25, 0.3) is 5.91 Å². The molecule has 1 amide bonds. The molecular formula is C23H27N3O. The van der Waals surface area contributed by atoms with Crippen LogP contribution in [0.15, 0.2) is 48.5 Å². The van der Waals surface area contributed by atoms with Crippen LogP contribution in [0.2, 0.25) is 0 Å². The van der Waals surface area contributed by atoms with Crippen LogP contribution < -0.4 is 0 Å². The number of nitrogens with zero attached hydrogens (tertiary/aromatic N) is 3. The molecule has 4 nitrogen and oxygen atoms in total. The number of amides is 1. The molecule has 0 fully saturated rings. The van der Waals surface area contributed by atoms with E-state index in [1.54, 1.807) is 0 Å². The predicted octanol–water partition coefficient (Wildman–Crippen LogP) is 3.62. The molecule has 4 rings (SSSR count). The summed E-state index contributed by atoms with van der Waals surface area (Å²) in [5.74, 6) is 0.0837. The lowest BCUT2D eigenvalue weighted by molar-refractivity contribution is 0.0724. The number of hydrogen-bond donors (Lipinski definition) is 0. The third-order valence-electron chi connectivity index (χ3n) is 5.93. The summed E-state index contributed by atoms with van der Waals surface area (Å²) in [5.41, 5.74) is 5.88. The van der Waals surface area contributed by atoms with E-state index in [0.29, 0.717) is 6.04 Å². The monoisotopic (exact) mass is 361 g/mol. The molecule has 0 saturated heterocycles. The number of carbonyl (C=O) groups is 1. The summed E-state index contributed by atoms with van der Waals surface area (Å²) >= 11 is 0. The third-order valence-corrected chi connectivity index (χ3v) is 5.93. The third kappa shape index (κ3) is 3.15. The van der Waals surface area contributed by atoms with Crippen LogP contribution in [0, 0.1) is 6.92 Å². The number of aromatic nitrogens is 1. The Labute approximate surface area is 161 Å². The first-order chi connectivity index (χ1) is 13.0. The first kappa shape index (κ1) is 17.8. The van der Waals surface area contributed by atoms with Gasteiger partial charge in [-0.1, -0.05) is 42.5 Å². The molecule has 0 radical (unpaired) electrons. The lowest BCUT2D eigenvalue weighted by Gasteiger charge is -2.36. The summed E-state index contributed by atoms with van der Waals surface area (Å²) in [6.45, 7) is 3.76. The molecule has 1 atom stereocenters. The van der Waals surface area contributed by atoms with Gasteiger partial charge in [-0.25, -0.2) is 0 Å².